The number of nitrogens with one attached hydrogen (secondary N) is 2. The van der Waals surface area contributed by atoms with E-state index in [1.54, 1.807) is 0 Å². The molecule has 0 aliphatic carbocycles. The number of hydrogen-bond donors (Lipinski definition) is 8. The summed E-state index contributed by atoms with van der Waals surface area (Å²) in [5.41, 5.74) is 16.4. The van der Waals surface area contributed by atoms with Gasteiger partial charge in [-0.25, -0.2) is 4.79 Å². The zero-order chi connectivity index (χ0) is 25.8. The molecule has 15 heteroatoms. The van der Waals surface area contributed by atoms with Gasteiger partial charge in [0.2, 0.25) is 17.7 Å². The second kappa shape index (κ2) is 14.2. The van der Waals surface area contributed by atoms with Gasteiger partial charge >= 0.3 is 11.9 Å². The minimum atomic E-state index is -1.28. The number of aliphatic carboxylic acids is 2. The van der Waals surface area contributed by atoms with E-state index in [1.807, 2.05) is 0 Å². The lowest BCUT2D eigenvalue weighted by molar-refractivity contribution is -0.143. The van der Waals surface area contributed by atoms with E-state index in [0.29, 0.717) is 19.3 Å². The van der Waals surface area contributed by atoms with E-state index in [4.69, 9.17) is 22.3 Å². The van der Waals surface area contributed by atoms with E-state index >= 15 is 0 Å². The number of carbonyl (C=O) groups is 5. The average molecular weight is 504 g/mol. The van der Waals surface area contributed by atoms with Gasteiger partial charge in [-0.3, -0.25) is 24.2 Å². The summed E-state index contributed by atoms with van der Waals surface area (Å²) < 4.78 is 0. The number of aliphatic imine (C=N–C) groups is 1. The molecule has 0 aromatic heterocycles. The topological polar surface area (TPSA) is 244 Å². The first-order valence-electron chi connectivity index (χ1n) is 10.8. The summed E-state index contributed by atoms with van der Waals surface area (Å²) >= 11 is 3.91. The van der Waals surface area contributed by atoms with Crippen LogP contribution in [0.3, 0.4) is 0 Å². The van der Waals surface area contributed by atoms with Gasteiger partial charge in [-0.1, -0.05) is 0 Å². The van der Waals surface area contributed by atoms with E-state index in [2.05, 4.69) is 28.3 Å². The SMILES string of the molecule is NC(N)=NCCCC(NC(=O)C1CCCN1C(=O)C(N)CCC(=O)O)C(=O)NC(CS)C(=O)O. The molecule has 1 aliphatic rings. The van der Waals surface area contributed by atoms with E-state index < -0.39 is 53.8 Å². The number of nitrogens with two attached hydrogens (primary N) is 3. The molecule has 1 rings (SSSR count). The van der Waals surface area contributed by atoms with Crippen molar-refractivity contribution < 1.29 is 34.2 Å². The molecule has 0 radical (unpaired) electrons. The number of hydrogen-bond acceptors (Lipinski definition) is 8. The van der Waals surface area contributed by atoms with Crippen LogP contribution in [0.15, 0.2) is 4.99 Å². The fraction of sp³-hybridized carbons (Fsp3) is 0.684. The summed E-state index contributed by atoms with van der Waals surface area (Å²) in [7, 11) is 0. The van der Waals surface area contributed by atoms with Crippen LogP contribution in [0.5, 0.6) is 0 Å². The number of guanidine groups is 1. The normalized spacial score (nSPS) is 17.8. The van der Waals surface area contributed by atoms with Crippen LogP contribution in [-0.4, -0.2) is 93.7 Å². The fourth-order valence-corrected chi connectivity index (χ4v) is 3.66. The molecular weight excluding hydrogens is 470 g/mol. The van der Waals surface area contributed by atoms with Crippen molar-refractivity contribution in [3.63, 3.8) is 0 Å². The van der Waals surface area contributed by atoms with Crippen molar-refractivity contribution in [1.29, 1.82) is 0 Å². The predicted octanol–water partition coefficient (Wildman–Crippen LogP) is -2.79. The van der Waals surface area contributed by atoms with Crippen LogP contribution in [0.4, 0.5) is 0 Å². The number of likely N-dealkylation sites (tertiary alicyclic amines) is 1. The highest BCUT2D eigenvalue weighted by atomic mass is 32.1. The Hall–Kier alpha value is -3.07. The van der Waals surface area contributed by atoms with Crippen molar-refractivity contribution in [2.75, 3.05) is 18.8 Å². The quantitative estimate of drug-likeness (QED) is 0.0524. The lowest BCUT2D eigenvalue weighted by Crippen LogP contribution is -2.56. The monoisotopic (exact) mass is 503 g/mol. The van der Waals surface area contributed by atoms with Gasteiger partial charge in [0.05, 0.1) is 6.04 Å². The Labute approximate surface area is 202 Å². The van der Waals surface area contributed by atoms with Crippen molar-refractivity contribution in [2.24, 2.45) is 22.2 Å². The molecule has 1 saturated heterocycles. The van der Waals surface area contributed by atoms with Crippen LogP contribution in [0, 0.1) is 0 Å². The zero-order valence-electron chi connectivity index (χ0n) is 18.7. The molecule has 4 atom stereocenters. The molecule has 1 heterocycles. The van der Waals surface area contributed by atoms with Gasteiger partial charge in [0.15, 0.2) is 5.96 Å². The summed E-state index contributed by atoms with van der Waals surface area (Å²) in [6.45, 7) is 0.448. The van der Waals surface area contributed by atoms with Gasteiger partial charge < -0.3 is 42.9 Å². The third-order valence-corrected chi connectivity index (χ3v) is 5.57. The Kier molecular flexibility index (Phi) is 12.1. The van der Waals surface area contributed by atoms with Crippen molar-refractivity contribution in [2.45, 2.75) is 62.7 Å². The average Bonchev–Trinajstić information content (AvgIpc) is 3.26. The summed E-state index contributed by atoms with van der Waals surface area (Å²) in [6.07, 6.45) is 0.909. The minimum Gasteiger partial charge on any atom is -0.481 e. The van der Waals surface area contributed by atoms with E-state index in [-0.39, 0.29) is 44.1 Å². The molecule has 0 spiro atoms. The summed E-state index contributed by atoms with van der Waals surface area (Å²) in [5, 5.41) is 22.9. The Balaban J connectivity index is 2.90. The third kappa shape index (κ3) is 9.43. The van der Waals surface area contributed by atoms with Crippen LogP contribution in [-0.2, 0) is 24.0 Å². The van der Waals surface area contributed by atoms with Gasteiger partial charge in [-0.2, -0.15) is 12.6 Å². The number of carboxylic acids is 2. The lowest BCUT2D eigenvalue weighted by Gasteiger charge is -2.28. The molecule has 1 fully saturated rings. The molecule has 0 saturated carbocycles. The van der Waals surface area contributed by atoms with E-state index in [9.17, 15) is 29.1 Å². The number of rotatable bonds is 14. The number of nitrogens with zero attached hydrogens (tertiary/aromatic N) is 2. The molecule has 192 valence electrons. The van der Waals surface area contributed by atoms with Gasteiger partial charge in [0.25, 0.3) is 0 Å². The standard InChI is InChI=1S/C19H33N7O7S/c20-10(5-6-14(27)28)17(31)26-8-2-4-13(26)16(30)24-11(3-1-7-23-19(21)22)15(29)25-12(9-34)18(32)33/h10-13,34H,1-9,20H2,(H,24,30)(H,25,29)(H,27,28)(H,32,33)(H4,21,22,23). The smallest absolute Gasteiger partial charge is 0.327 e. The molecule has 0 bridgehead atoms. The molecule has 1 aliphatic heterocycles. The minimum absolute atomic E-state index is 0.0743. The molecule has 34 heavy (non-hydrogen) atoms. The second-order valence-electron chi connectivity index (χ2n) is 7.82. The van der Waals surface area contributed by atoms with E-state index in [0.717, 1.165) is 0 Å². The lowest BCUT2D eigenvalue weighted by atomic mass is 10.1. The van der Waals surface area contributed by atoms with Crippen molar-refractivity contribution in [3.05, 3.63) is 0 Å². The van der Waals surface area contributed by atoms with E-state index in [1.165, 1.54) is 4.90 Å². The molecule has 10 N–H and O–H groups in total. The first-order chi connectivity index (χ1) is 16.0. The highest BCUT2D eigenvalue weighted by Crippen LogP contribution is 2.19. The Bertz CT molecular complexity index is 791. The summed E-state index contributed by atoms with van der Waals surface area (Å²) in [4.78, 5) is 65.4. The number of amides is 3. The number of carbonyl (C=O) groups excluding carboxylic acids is 3. The van der Waals surface area contributed by atoms with Crippen LogP contribution in [0.25, 0.3) is 0 Å². The molecule has 4 unspecified atom stereocenters. The van der Waals surface area contributed by atoms with Crippen LogP contribution >= 0.6 is 12.6 Å². The van der Waals surface area contributed by atoms with Crippen LogP contribution < -0.4 is 27.8 Å². The van der Waals surface area contributed by atoms with Gasteiger partial charge in [-0.05, 0) is 32.1 Å². The number of carboxylic acid groups (broad SMARTS) is 2. The maximum absolute atomic E-state index is 13.0. The second-order valence-corrected chi connectivity index (χ2v) is 8.19. The maximum atomic E-state index is 13.0. The van der Waals surface area contributed by atoms with Gasteiger partial charge in [-0.15, -0.1) is 0 Å². The van der Waals surface area contributed by atoms with Crippen molar-refractivity contribution in [1.82, 2.24) is 15.5 Å². The third-order valence-electron chi connectivity index (χ3n) is 5.20. The Morgan fingerprint density at radius 2 is 1.76 bits per heavy atom. The first kappa shape index (κ1) is 29.0. The van der Waals surface area contributed by atoms with Crippen LogP contribution in [0.2, 0.25) is 0 Å². The first-order valence-corrected chi connectivity index (χ1v) is 11.4. The predicted molar refractivity (Wildman–Crippen MR) is 125 cm³/mol. The fourth-order valence-electron chi connectivity index (χ4n) is 3.42. The summed E-state index contributed by atoms with van der Waals surface area (Å²) in [5.74, 6) is -4.54. The molecule has 0 aromatic carbocycles. The van der Waals surface area contributed by atoms with Crippen LogP contribution in [0.1, 0.15) is 38.5 Å². The van der Waals surface area contributed by atoms with Crippen molar-refractivity contribution >= 4 is 48.2 Å². The molecule has 3 amide bonds. The molecular formula is C19H33N7O7S. The zero-order valence-corrected chi connectivity index (χ0v) is 19.6. The number of thiol groups is 1. The Morgan fingerprint density at radius 3 is 2.32 bits per heavy atom. The molecule has 14 nitrogen and oxygen atoms in total. The molecule has 0 aromatic rings. The Morgan fingerprint density at radius 1 is 1.09 bits per heavy atom. The van der Waals surface area contributed by atoms with Gasteiger partial charge in [0, 0.05) is 25.3 Å². The highest BCUT2D eigenvalue weighted by Gasteiger charge is 2.37. The van der Waals surface area contributed by atoms with Crippen molar-refractivity contribution in [3.8, 4) is 0 Å². The summed E-state index contributed by atoms with van der Waals surface area (Å²) in [6, 6.07) is -4.34. The highest BCUT2D eigenvalue weighted by molar-refractivity contribution is 7.80. The maximum Gasteiger partial charge on any atom is 0.327 e. The largest absolute Gasteiger partial charge is 0.481 e. The van der Waals surface area contributed by atoms with Gasteiger partial charge in [0.1, 0.15) is 18.1 Å².